The van der Waals surface area contributed by atoms with E-state index in [1.54, 1.807) is 6.92 Å². The Balaban J connectivity index is 2.24. The molecule has 0 amide bonds. The maximum Gasteiger partial charge on any atom is 0.143 e. The molecule has 1 fully saturated rings. The lowest BCUT2D eigenvalue weighted by Crippen LogP contribution is -2.26. The molecular weight excluding hydrogens is 138 g/mol. The van der Waals surface area contributed by atoms with Gasteiger partial charge in [-0.15, -0.1) is 0 Å². The van der Waals surface area contributed by atoms with Crippen LogP contribution in [-0.2, 0) is 4.79 Å². The summed E-state index contributed by atoms with van der Waals surface area (Å²) in [5, 5.41) is 0. The minimum absolute atomic E-state index is 0.293. The van der Waals surface area contributed by atoms with Crippen LogP contribution in [0.3, 0.4) is 0 Å². The molecule has 0 radical (unpaired) electrons. The van der Waals surface area contributed by atoms with E-state index in [1.165, 1.54) is 12.8 Å². The van der Waals surface area contributed by atoms with Gasteiger partial charge in [-0.2, -0.15) is 0 Å². The van der Waals surface area contributed by atoms with Gasteiger partial charge in [0.15, 0.2) is 0 Å². The number of hydrogen-bond acceptors (Lipinski definition) is 2. The molecule has 1 rings (SSSR count). The van der Waals surface area contributed by atoms with Crippen LogP contribution in [0.4, 0.5) is 0 Å². The molecule has 0 bridgehead atoms. The fourth-order valence-electron chi connectivity index (χ4n) is 1.70. The van der Waals surface area contributed by atoms with Gasteiger partial charge in [0.05, 0.1) is 6.54 Å². The van der Waals surface area contributed by atoms with Crippen molar-refractivity contribution in [1.29, 1.82) is 0 Å². The fraction of sp³-hybridized carbons (Fsp3) is 0.889. The van der Waals surface area contributed by atoms with Crippen LogP contribution in [0.5, 0.6) is 0 Å². The molecule has 64 valence electrons. The first-order valence-electron chi connectivity index (χ1n) is 4.44. The van der Waals surface area contributed by atoms with E-state index in [-0.39, 0.29) is 0 Å². The second kappa shape index (κ2) is 3.86. The average molecular weight is 155 g/mol. The number of carbonyl (C=O) groups is 1. The maximum atomic E-state index is 10.8. The van der Waals surface area contributed by atoms with Gasteiger partial charge < -0.3 is 0 Å². The highest BCUT2D eigenvalue weighted by molar-refractivity contribution is 5.77. The summed E-state index contributed by atoms with van der Waals surface area (Å²) in [5.74, 6) is 1.14. The molecule has 1 aliphatic heterocycles. The molecule has 1 aliphatic rings. The van der Waals surface area contributed by atoms with Gasteiger partial charge in [0.1, 0.15) is 5.78 Å². The number of Topliss-reactive ketones (excluding diaryl/α,β-unsaturated/α-hetero) is 1. The smallest absolute Gasteiger partial charge is 0.143 e. The maximum absolute atomic E-state index is 10.8. The Morgan fingerprint density at radius 1 is 1.64 bits per heavy atom. The number of likely N-dealkylation sites (tertiary alicyclic amines) is 1. The van der Waals surface area contributed by atoms with Crippen molar-refractivity contribution in [2.45, 2.75) is 26.7 Å². The van der Waals surface area contributed by atoms with Gasteiger partial charge in [-0.3, -0.25) is 9.69 Å². The third kappa shape index (κ3) is 2.62. The van der Waals surface area contributed by atoms with E-state index >= 15 is 0 Å². The molecule has 1 unspecified atom stereocenters. The van der Waals surface area contributed by atoms with Crippen molar-refractivity contribution in [1.82, 2.24) is 4.90 Å². The minimum atomic E-state index is 0.293. The highest BCUT2D eigenvalue weighted by atomic mass is 16.1. The molecule has 1 atom stereocenters. The number of nitrogens with zero attached hydrogens (tertiary/aromatic N) is 1. The first-order valence-corrected chi connectivity index (χ1v) is 4.44. The van der Waals surface area contributed by atoms with Crippen molar-refractivity contribution in [3.8, 4) is 0 Å². The van der Waals surface area contributed by atoms with E-state index in [9.17, 15) is 4.79 Å². The summed E-state index contributed by atoms with van der Waals surface area (Å²) >= 11 is 0. The molecule has 2 nitrogen and oxygen atoms in total. The normalized spacial score (nSPS) is 25.8. The summed E-state index contributed by atoms with van der Waals surface area (Å²) < 4.78 is 0. The average Bonchev–Trinajstić information content (AvgIpc) is 2.34. The van der Waals surface area contributed by atoms with E-state index in [0.29, 0.717) is 12.3 Å². The summed E-state index contributed by atoms with van der Waals surface area (Å²) in [6.45, 7) is 6.81. The molecule has 1 heterocycles. The molecule has 0 aromatic heterocycles. The number of hydrogen-bond donors (Lipinski definition) is 0. The number of ketones is 1. The van der Waals surface area contributed by atoms with Crippen LogP contribution in [-0.4, -0.2) is 30.3 Å². The molecule has 0 aromatic rings. The fourth-order valence-corrected chi connectivity index (χ4v) is 1.70. The predicted octanol–water partition coefficient (Wildman–Crippen LogP) is 1.31. The Hall–Kier alpha value is -0.370. The third-order valence-corrected chi connectivity index (χ3v) is 2.39. The highest BCUT2D eigenvalue weighted by Crippen LogP contribution is 2.18. The summed E-state index contributed by atoms with van der Waals surface area (Å²) in [6.07, 6.45) is 2.54. The quantitative estimate of drug-likeness (QED) is 0.612. The van der Waals surface area contributed by atoms with Crippen molar-refractivity contribution >= 4 is 5.78 Å². The monoisotopic (exact) mass is 155 g/mol. The molecule has 11 heavy (non-hydrogen) atoms. The largest absolute Gasteiger partial charge is 0.299 e. The third-order valence-electron chi connectivity index (χ3n) is 2.39. The number of rotatable bonds is 3. The lowest BCUT2D eigenvalue weighted by Gasteiger charge is -2.12. The van der Waals surface area contributed by atoms with E-state index in [1.807, 2.05) is 0 Å². The van der Waals surface area contributed by atoms with E-state index < -0.39 is 0 Å². The first kappa shape index (κ1) is 8.72. The van der Waals surface area contributed by atoms with Crippen LogP contribution < -0.4 is 0 Å². The van der Waals surface area contributed by atoms with E-state index in [2.05, 4.69) is 11.8 Å². The zero-order valence-electron chi connectivity index (χ0n) is 7.47. The molecule has 2 heteroatoms. The van der Waals surface area contributed by atoms with Crippen molar-refractivity contribution in [3.63, 3.8) is 0 Å². The van der Waals surface area contributed by atoms with E-state index in [4.69, 9.17) is 0 Å². The molecule has 0 spiro atoms. The molecule has 0 N–H and O–H groups in total. The standard InChI is InChI=1S/C9H17NO/c1-3-9-4-5-10(7-9)6-8(2)11/h9H,3-7H2,1-2H3. The zero-order valence-corrected chi connectivity index (χ0v) is 7.47. The van der Waals surface area contributed by atoms with Crippen LogP contribution in [0, 0.1) is 5.92 Å². The summed E-state index contributed by atoms with van der Waals surface area (Å²) in [4.78, 5) is 13.0. The van der Waals surface area contributed by atoms with Crippen LogP contribution in [0.1, 0.15) is 26.7 Å². The van der Waals surface area contributed by atoms with Crippen molar-refractivity contribution in [3.05, 3.63) is 0 Å². The van der Waals surface area contributed by atoms with Gasteiger partial charge >= 0.3 is 0 Å². The highest BCUT2D eigenvalue weighted by Gasteiger charge is 2.20. The Bertz CT molecular complexity index is 144. The lowest BCUT2D eigenvalue weighted by atomic mass is 10.1. The predicted molar refractivity (Wildman–Crippen MR) is 45.5 cm³/mol. The van der Waals surface area contributed by atoms with Crippen molar-refractivity contribution < 1.29 is 4.79 Å². The van der Waals surface area contributed by atoms with Gasteiger partial charge in [0.2, 0.25) is 0 Å². The van der Waals surface area contributed by atoms with Gasteiger partial charge in [-0.25, -0.2) is 0 Å². The Morgan fingerprint density at radius 2 is 2.36 bits per heavy atom. The molecule has 1 saturated heterocycles. The number of carbonyl (C=O) groups excluding carboxylic acids is 1. The van der Waals surface area contributed by atoms with Crippen LogP contribution in [0.15, 0.2) is 0 Å². The summed E-state index contributed by atoms with van der Waals surface area (Å²) in [7, 11) is 0. The van der Waals surface area contributed by atoms with Crippen LogP contribution >= 0.6 is 0 Å². The Kier molecular flexibility index (Phi) is 3.06. The lowest BCUT2D eigenvalue weighted by molar-refractivity contribution is -0.117. The molecular formula is C9H17NO. The van der Waals surface area contributed by atoms with Gasteiger partial charge in [0, 0.05) is 6.54 Å². The molecule has 0 aromatic carbocycles. The van der Waals surface area contributed by atoms with Gasteiger partial charge in [-0.05, 0) is 25.8 Å². The summed E-state index contributed by atoms with van der Waals surface area (Å²) in [6, 6.07) is 0. The second-order valence-electron chi connectivity index (χ2n) is 3.50. The first-order chi connectivity index (χ1) is 5.22. The Morgan fingerprint density at radius 3 is 2.82 bits per heavy atom. The van der Waals surface area contributed by atoms with Gasteiger partial charge in [0.25, 0.3) is 0 Å². The molecule has 0 saturated carbocycles. The van der Waals surface area contributed by atoms with Crippen LogP contribution in [0.25, 0.3) is 0 Å². The zero-order chi connectivity index (χ0) is 8.27. The second-order valence-corrected chi connectivity index (χ2v) is 3.50. The molecule has 0 aliphatic carbocycles. The Labute approximate surface area is 68.6 Å². The van der Waals surface area contributed by atoms with Crippen LogP contribution in [0.2, 0.25) is 0 Å². The SMILES string of the molecule is CCC1CCN(CC(C)=O)C1. The minimum Gasteiger partial charge on any atom is -0.299 e. The topological polar surface area (TPSA) is 20.3 Å². The van der Waals surface area contributed by atoms with E-state index in [0.717, 1.165) is 19.0 Å². The van der Waals surface area contributed by atoms with Crippen molar-refractivity contribution in [2.24, 2.45) is 5.92 Å². The van der Waals surface area contributed by atoms with Gasteiger partial charge in [-0.1, -0.05) is 13.3 Å². The van der Waals surface area contributed by atoms with Crippen molar-refractivity contribution in [2.75, 3.05) is 19.6 Å². The summed E-state index contributed by atoms with van der Waals surface area (Å²) in [5.41, 5.74) is 0.